The first-order valence-electron chi connectivity index (χ1n) is 9.26. The summed E-state index contributed by atoms with van der Waals surface area (Å²) in [5.74, 6) is 0. The molecule has 2 heterocycles. The molecule has 0 radical (unpaired) electrons. The summed E-state index contributed by atoms with van der Waals surface area (Å²) in [6.07, 6.45) is 6.04. The third-order valence-electron chi connectivity index (χ3n) is 4.97. The number of hydrogen-bond acceptors (Lipinski definition) is 4. The van der Waals surface area contributed by atoms with Crippen LogP contribution in [0.3, 0.4) is 0 Å². The standard InChI is InChI=1S/C18H35N3O2/c1-18(2,3)23-17(22)19(4)16-8-12-21(13-9-16)15-14-20-10-6-5-7-11-20/h16H,5-15H2,1-4H3. The van der Waals surface area contributed by atoms with Crippen molar-refractivity contribution in [3.63, 3.8) is 0 Å². The summed E-state index contributed by atoms with van der Waals surface area (Å²) in [4.78, 5) is 19.1. The summed E-state index contributed by atoms with van der Waals surface area (Å²) in [6, 6.07) is 0.316. The van der Waals surface area contributed by atoms with Crippen LogP contribution in [0.4, 0.5) is 4.79 Å². The topological polar surface area (TPSA) is 36.0 Å². The molecular weight excluding hydrogens is 290 g/mol. The normalized spacial score (nSPS) is 22.1. The van der Waals surface area contributed by atoms with Crippen LogP contribution < -0.4 is 0 Å². The van der Waals surface area contributed by atoms with Crippen LogP contribution in [-0.4, -0.2) is 78.8 Å². The van der Waals surface area contributed by atoms with Crippen LogP contribution in [0.1, 0.15) is 52.9 Å². The Kier molecular flexibility index (Phi) is 6.72. The highest BCUT2D eigenvalue weighted by atomic mass is 16.6. The molecule has 134 valence electrons. The predicted octanol–water partition coefficient (Wildman–Crippen LogP) is 2.80. The Morgan fingerprint density at radius 2 is 1.52 bits per heavy atom. The van der Waals surface area contributed by atoms with Crippen LogP contribution in [0.15, 0.2) is 0 Å². The largest absolute Gasteiger partial charge is 0.444 e. The maximum absolute atomic E-state index is 12.2. The van der Waals surface area contributed by atoms with Gasteiger partial charge in [0.25, 0.3) is 0 Å². The average molecular weight is 325 g/mol. The Morgan fingerprint density at radius 3 is 2.04 bits per heavy atom. The van der Waals surface area contributed by atoms with E-state index in [2.05, 4.69) is 9.80 Å². The van der Waals surface area contributed by atoms with E-state index >= 15 is 0 Å². The van der Waals surface area contributed by atoms with Crippen LogP contribution in [0.25, 0.3) is 0 Å². The van der Waals surface area contributed by atoms with E-state index in [1.165, 1.54) is 45.4 Å². The van der Waals surface area contributed by atoms with Gasteiger partial charge in [0.1, 0.15) is 5.60 Å². The average Bonchev–Trinajstić information content (AvgIpc) is 2.52. The van der Waals surface area contributed by atoms with Gasteiger partial charge in [-0.25, -0.2) is 4.79 Å². The second-order valence-electron chi connectivity index (χ2n) is 8.07. The van der Waals surface area contributed by atoms with Gasteiger partial charge in [-0.3, -0.25) is 0 Å². The fourth-order valence-electron chi connectivity index (χ4n) is 3.48. The summed E-state index contributed by atoms with van der Waals surface area (Å²) in [5.41, 5.74) is -0.416. The lowest BCUT2D eigenvalue weighted by molar-refractivity contribution is 0.0148. The van der Waals surface area contributed by atoms with Crippen molar-refractivity contribution in [3.8, 4) is 0 Å². The lowest BCUT2D eigenvalue weighted by atomic mass is 10.0. The maximum atomic E-state index is 12.2. The van der Waals surface area contributed by atoms with Crippen LogP contribution in [-0.2, 0) is 4.74 Å². The van der Waals surface area contributed by atoms with E-state index in [-0.39, 0.29) is 6.09 Å². The number of piperidine rings is 2. The second-order valence-corrected chi connectivity index (χ2v) is 8.07. The predicted molar refractivity (Wildman–Crippen MR) is 93.8 cm³/mol. The van der Waals surface area contributed by atoms with E-state index in [0.29, 0.717) is 6.04 Å². The molecular formula is C18H35N3O2. The Labute approximate surface area is 141 Å². The molecule has 0 bridgehead atoms. The molecule has 0 aromatic rings. The number of rotatable bonds is 4. The van der Waals surface area contributed by atoms with E-state index in [0.717, 1.165) is 25.9 Å². The summed E-state index contributed by atoms with van der Waals surface area (Å²) < 4.78 is 5.47. The number of amides is 1. The summed E-state index contributed by atoms with van der Waals surface area (Å²) in [5, 5.41) is 0. The summed E-state index contributed by atoms with van der Waals surface area (Å²) in [7, 11) is 1.88. The van der Waals surface area contributed by atoms with Crippen molar-refractivity contribution >= 4 is 6.09 Å². The molecule has 0 aromatic carbocycles. The highest BCUT2D eigenvalue weighted by molar-refractivity contribution is 5.68. The zero-order valence-electron chi connectivity index (χ0n) is 15.5. The minimum absolute atomic E-state index is 0.190. The van der Waals surface area contributed by atoms with Gasteiger partial charge in [-0.05, 0) is 59.5 Å². The van der Waals surface area contributed by atoms with Crippen LogP contribution >= 0.6 is 0 Å². The van der Waals surface area contributed by atoms with Gasteiger partial charge in [0, 0.05) is 39.3 Å². The van der Waals surface area contributed by atoms with E-state index in [9.17, 15) is 4.79 Å². The Hall–Kier alpha value is -0.810. The van der Waals surface area contributed by atoms with E-state index in [4.69, 9.17) is 4.74 Å². The van der Waals surface area contributed by atoms with Crippen molar-refractivity contribution in [3.05, 3.63) is 0 Å². The third-order valence-corrected chi connectivity index (χ3v) is 4.97. The molecule has 2 aliphatic rings. The van der Waals surface area contributed by atoms with E-state index in [1.54, 1.807) is 4.90 Å². The minimum Gasteiger partial charge on any atom is -0.444 e. The number of nitrogens with zero attached hydrogens (tertiary/aromatic N) is 3. The summed E-state index contributed by atoms with van der Waals surface area (Å²) in [6.45, 7) is 12.9. The fraction of sp³-hybridized carbons (Fsp3) is 0.944. The second kappa shape index (κ2) is 8.34. The number of likely N-dealkylation sites (tertiary alicyclic amines) is 2. The van der Waals surface area contributed by atoms with Gasteiger partial charge in [-0.2, -0.15) is 0 Å². The first-order chi connectivity index (χ1) is 10.8. The highest BCUT2D eigenvalue weighted by Gasteiger charge is 2.28. The number of carbonyl (C=O) groups excluding carboxylic acids is 1. The van der Waals surface area contributed by atoms with Crippen molar-refractivity contribution in [1.82, 2.24) is 14.7 Å². The Morgan fingerprint density at radius 1 is 1.00 bits per heavy atom. The molecule has 2 aliphatic heterocycles. The van der Waals surface area contributed by atoms with Crippen LogP contribution in [0, 0.1) is 0 Å². The first kappa shape index (κ1) is 18.5. The SMILES string of the molecule is CN(C(=O)OC(C)(C)C)C1CCN(CCN2CCCCC2)CC1. The fourth-order valence-corrected chi connectivity index (χ4v) is 3.48. The lowest BCUT2D eigenvalue weighted by Crippen LogP contribution is -2.48. The van der Waals surface area contributed by atoms with E-state index in [1.807, 2.05) is 27.8 Å². The zero-order valence-corrected chi connectivity index (χ0v) is 15.5. The van der Waals surface area contributed by atoms with Crippen molar-refractivity contribution < 1.29 is 9.53 Å². The van der Waals surface area contributed by atoms with Crippen molar-refractivity contribution in [2.24, 2.45) is 0 Å². The zero-order chi connectivity index (χ0) is 16.9. The van der Waals surface area contributed by atoms with Gasteiger partial charge in [0.15, 0.2) is 0 Å². The molecule has 0 aromatic heterocycles. The maximum Gasteiger partial charge on any atom is 0.410 e. The minimum atomic E-state index is -0.416. The van der Waals surface area contributed by atoms with Crippen molar-refractivity contribution in [2.75, 3.05) is 46.3 Å². The van der Waals surface area contributed by atoms with Crippen LogP contribution in [0.2, 0.25) is 0 Å². The molecule has 2 rings (SSSR count). The molecule has 0 aliphatic carbocycles. The summed E-state index contributed by atoms with van der Waals surface area (Å²) >= 11 is 0. The van der Waals surface area contributed by atoms with Gasteiger partial charge in [0.05, 0.1) is 0 Å². The quantitative estimate of drug-likeness (QED) is 0.796. The van der Waals surface area contributed by atoms with Crippen molar-refractivity contribution in [1.29, 1.82) is 0 Å². The molecule has 5 nitrogen and oxygen atoms in total. The lowest BCUT2D eigenvalue weighted by Gasteiger charge is -2.38. The number of ether oxygens (including phenoxy) is 1. The van der Waals surface area contributed by atoms with Gasteiger partial charge in [-0.1, -0.05) is 6.42 Å². The van der Waals surface area contributed by atoms with Crippen LogP contribution in [0.5, 0.6) is 0 Å². The van der Waals surface area contributed by atoms with Gasteiger partial charge < -0.3 is 19.4 Å². The molecule has 0 spiro atoms. The number of carbonyl (C=O) groups is 1. The number of hydrogen-bond donors (Lipinski definition) is 0. The van der Waals surface area contributed by atoms with Crippen molar-refractivity contribution in [2.45, 2.75) is 64.5 Å². The Balaban J connectivity index is 1.67. The highest BCUT2D eigenvalue weighted by Crippen LogP contribution is 2.18. The Bertz CT molecular complexity index is 367. The smallest absolute Gasteiger partial charge is 0.410 e. The van der Waals surface area contributed by atoms with Gasteiger partial charge in [0.2, 0.25) is 0 Å². The van der Waals surface area contributed by atoms with E-state index < -0.39 is 5.60 Å². The molecule has 0 atom stereocenters. The third kappa shape index (κ3) is 6.30. The van der Waals surface area contributed by atoms with Gasteiger partial charge in [-0.15, -0.1) is 0 Å². The molecule has 2 saturated heterocycles. The monoisotopic (exact) mass is 325 g/mol. The molecule has 1 amide bonds. The molecule has 23 heavy (non-hydrogen) atoms. The molecule has 2 fully saturated rings. The molecule has 0 N–H and O–H groups in total. The molecule has 0 saturated carbocycles. The molecule has 5 heteroatoms. The first-order valence-corrected chi connectivity index (χ1v) is 9.26. The molecule has 0 unspecified atom stereocenters. The van der Waals surface area contributed by atoms with Gasteiger partial charge >= 0.3 is 6.09 Å².